The average Bonchev–Trinajstić information content (AvgIpc) is 3.31. The Morgan fingerprint density at radius 1 is 0.242 bits per heavy atom. The van der Waals surface area contributed by atoms with E-state index in [1.165, 1.54) is 244 Å². The summed E-state index contributed by atoms with van der Waals surface area (Å²) in [6.45, 7) is 6.63. The molecule has 0 spiro atoms. The van der Waals surface area contributed by atoms with Crippen molar-refractivity contribution >= 4 is 17.9 Å². The van der Waals surface area contributed by atoms with Crippen LogP contribution in [0.5, 0.6) is 0 Å². The summed E-state index contributed by atoms with van der Waals surface area (Å²) in [5, 5.41) is 0. The van der Waals surface area contributed by atoms with Crippen molar-refractivity contribution in [3.05, 3.63) is 0 Å². The first kappa shape index (κ1) is 64.4. The highest BCUT2D eigenvalue weighted by Gasteiger charge is 2.19. The first-order valence-corrected chi connectivity index (χ1v) is 30.0. The quantitative estimate of drug-likeness (QED) is 0.0343. The molecule has 0 saturated heterocycles. The van der Waals surface area contributed by atoms with Crippen LogP contribution in [0.15, 0.2) is 0 Å². The molecule has 0 aromatic rings. The molecule has 6 nitrogen and oxygen atoms in total. The molecular weight excluding hydrogens is 817 g/mol. The Balaban J connectivity index is 3.98. The smallest absolute Gasteiger partial charge is 0.306 e. The first-order valence-electron chi connectivity index (χ1n) is 30.0. The van der Waals surface area contributed by atoms with Gasteiger partial charge in [-0.3, -0.25) is 14.4 Å². The lowest BCUT2D eigenvalue weighted by Gasteiger charge is -2.18. The molecule has 392 valence electrons. The van der Waals surface area contributed by atoms with Crippen LogP contribution in [-0.4, -0.2) is 37.2 Å². The van der Waals surface area contributed by atoms with Crippen molar-refractivity contribution in [1.29, 1.82) is 0 Å². The van der Waals surface area contributed by atoms with Crippen LogP contribution in [0.3, 0.4) is 0 Å². The summed E-state index contributed by atoms with van der Waals surface area (Å²) in [5.41, 5.74) is 0. The summed E-state index contributed by atoms with van der Waals surface area (Å²) >= 11 is 0. The van der Waals surface area contributed by atoms with Gasteiger partial charge in [0.2, 0.25) is 0 Å². The van der Waals surface area contributed by atoms with E-state index < -0.39 is 6.10 Å². The maximum Gasteiger partial charge on any atom is 0.306 e. The van der Waals surface area contributed by atoms with Crippen molar-refractivity contribution in [3.63, 3.8) is 0 Å². The van der Waals surface area contributed by atoms with Gasteiger partial charge in [0.15, 0.2) is 6.10 Å². The van der Waals surface area contributed by atoms with Gasteiger partial charge in [-0.15, -0.1) is 0 Å². The fraction of sp³-hybridized carbons (Fsp3) is 0.950. The predicted octanol–water partition coefficient (Wildman–Crippen LogP) is 19.9. The highest BCUT2D eigenvalue weighted by atomic mass is 16.6. The van der Waals surface area contributed by atoms with Crippen molar-refractivity contribution in [1.82, 2.24) is 0 Å². The van der Waals surface area contributed by atoms with Crippen LogP contribution in [0.2, 0.25) is 0 Å². The van der Waals surface area contributed by atoms with Gasteiger partial charge in [-0.2, -0.15) is 0 Å². The lowest BCUT2D eigenvalue weighted by molar-refractivity contribution is -0.167. The number of carbonyl (C=O) groups is 3. The second kappa shape index (κ2) is 56.0. The van der Waals surface area contributed by atoms with E-state index in [2.05, 4.69) is 20.8 Å². The van der Waals surface area contributed by atoms with E-state index in [-0.39, 0.29) is 31.1 Å². The lowest BCUT2D eigenvalue weighted by Crippen LogP contribution is -2.30. The van der Waals surface area contributed by atoms with Gasteiger partial charge in [0, 0.05) is 19.3 Å². The number of ether oxygens (including phenoxy) is 3. The van der Waals surface area contributed by atoms with Crippen molar-refractivity contribution in [2.24, 2.45) is 0 Å². The third-order valence-electron chi connectivity index (χ3n) is 13.9. The minimum Gasteiger partial charge on any atom is -0.462 e. The molecule has 0 bridgehead atoms. The molecule has 0 fully saturated rings. The molecular formula is C60H116O6. The van der Waals surface area contributed by atoms with Crippen LogP contribution in [-0.2, 0) is 28.6 Å². The number of unbranched alkanes of at least 4 members (excludes halogenated alkanes) is 45. The molecule has 0 amide bonds. The van der Waals surface area contributed by atoms with Gasteiger partial charge in [0.25, 0.3) is 0 Å². The molecule has 1 atom stereocenters. The molecule has 0 saturated carbocycles. The van der Waals surface area contributed by atoms with Crippen LogP contribution in [0.4, 0.5) is 0 Å². The SMILES string of the molecule is CCCCCCCCCCCCCCCCCCCCCCCCCCC(=O)OCC(COC(=O)CCCCCCC)OC(=O)CCCCCCCCCCCCCCCCCCCCC. The minimum atomic E-state index is -0.759. The molecule has 0 aliphatic rings. The molecule has 1 unspecified atom stereocenters. The van der Waals surface area contributed by atoms with Gasteiger partial charge in [0.1, 0.15) is 13.2 Å². The topological polar surface area (TPSA) is 78.9 Å². The molecule has 0 heterocycles. The molecule has 0 rings (SSSR count). The van der Waals surface area contributed by atoms with Gasteiger partial charge in [-0.05, 0) is 19.3 Å². The van der Waals surface area contributed by atoms with Gasteiger partial charge in [0.05, 0.1) is 0 Å². The average molecular weight is 934 g/mol. The van der Waals surface area contributed by atoms with Crippen molar-refractivity contribution < 1.29 is 28.6 Å². The molecule has 0 aliphatic carbocycles. The van der Waals surface area contributed by atoms with Crippen LogP contribution >= 0.6 is 0 Å². The van der Waals surface area contributed by atoms with Crippen LogP contribution in [0.1, 0.15) is 348 Å². The molecule has 66 heavy (non-hydrogen) atoms. The van der Waals surface area contributed by atoms with E-state index in [0.717, 1.165) is 64.2 Å². The Labute approximate surface area is 412 Å². The standard InChI is InChI=1S/C60H116O6/c1-4-7-10-13-15-17-19-21-23-25-27-28-29-30-31-33-34-36-38-40-42-44-47-50-53-59(62)65-56-57(55-64-58(61)52-49-46-12-9-6-3)66-60(63)54-51-48-45-43-41-39-37-35-32-26-24-22-20-18-16-14-11-8-5-2/h57H,4-56H2,1-3H3. The fourth-order valence-electron chi connectivity index (χ4n) is 9.33. The van der Waals surface area contributed by atoms with E-state index in [4.69, 9.17) is 14.2 Å². The fourth-order valence-corrected chi connectivity index (χ4v) is 9.33. The zero-order chi connectivity index (χ0) is 47.9. The third kappa shape index (κ3) is 53.4. The number of hydrogen-bond acceptors (Lipinski definition) is 6. The van der Waals surface area contributed by atoms with Crippen LogP contribution < -0.4 is 0 Å². The van der Waals surface area contributed by atoms with E-state index >= 15 is 0 Å². The zero-order valence-electron chi connectivity index (χ0n) is 45.0. The number of rotatable bonds is 56. The Morgan fingerprint density at radius 2 is 0.409 bits per heavy atom. The summed E-state index contributed by atoms with van der Waals surface area (Å²) in [6.07, 6.45) is 63.0. The monoisotopic (exact) mass is 933 g/mol. The maximum absolute atomic E-state index is 12.8. The molecule has 0 radical (unpaired) electrons. The first-order chi connectivity index (χ1) is 32.5. The summed E-state index contributed by atoms with van der Waals surface area (Å²) in [5.74, 6) is -0.850. The Morgan fingerprint density at radius 3 is 0.606 bits per heavy atom. The molecule has 0 aromatic carbocycles. The number of hydrogen-bond donors (Lipinski definition) is 0. The highest BCUT2D eigenvalue weighted by molar-refractivity contribution is 5.71. The molecule has 0 aromatic heterocycles. The van der Waals surface area contributed by atoms with Crippen LogP contribution in [0, 0.1) is 0 Å². The molecule has 6 heteroatoms. The second-order valence-corrected chi connectivity index (χ2v) is 20.6. The molecule has 0 aliphatic heterocycles. The number of carbonyl (C=O) groups excluding carboxylic acids is 3. The van der Waals surface area contributed by atoms with Gasteiger partial charge >= 0.3 is 17.9 Å². The Bertz CT molecular complexity index is 982. The highest BCUT2D eigenvalue weighted by Crippen LogP contribution is 2.18. The zero-order valence-corrected chi connectivity index (χ0v) is 45.0. The normalized spacial score (nSPS) is 11.9. The maximum atomic E-state index is 12.8. The second-order valence-electron chi connectivity index (χ2n) is 20.6. The van der Waals surface area contributed by atoms with Crippen molar-refractivity contribution in [2.75, 3.05) is 13.2 Å². The summed E-state index contributed by atoms with van der Waals surface area (Å²) in [4.78, 5) is 37.8. The Kier molecular flexibility index (Phi) is 54.7. The lowest BCUT2D eigenvalue weighted by atomic mass is 10.0. The van der Waals surface area contributed by atoms with E-state index in [0.29, 0.717) is 19.3 Å². The van der Waals surface area contributed by atoms with Crippen molar-refractivity contribution in [2.45, 2.75) is 354 Å². The predicted molar refractivity (Wildman–Crippen MR) is 284 cm³/mol. The summed E-state index contributed by atoms with van der Waals surface area (Å²) in [6, 6.07) is 0. The van der Waals surface area contributed by atoms with Gasteiger partial charge in [-0.25, -0.2) is 0 Å². The van der Waals surface area contributed by atoms with Gasteiger partial charge in [-0.1, -0.05) is 310 Å². The minimum absolute atomic E-state index is 0.0626. The van der Waals surface area contributed by atoms with E-state index in [1.54, 1.807) is 0 Å². The van der Waals surface area contributed by atoms with Gasteiger partial charge < -0.3 is 14.2 Å². The van der Waals surface area contributed by atoms with Crippen molar-refractivity contribution in [3.8, 4) is 0 Å². The number of esters is 3. The Hall–Kier alpha value is -1.59. The molecule has 0 N–H and O–H groups in total. The largest absolute Gasteiger partial charge is 0.462 e. The summed E-state index contributed by atoms with van der Waals surface area (Å²) in [7, 11) is 0. The summed E-state index contributed by atoms with van der Waals surface area (Å²) < 4.78 is 16.8. The van der Waals surface area contributed by atoms with E-state index in [9.17, 15) is 14.4 Å². The van der Waals surface area contributed by atoms with Crippen LogP contribution in [0.25, 0.3) is 0 Å². The third-order valence-corrected chi connectivity index (χ3v) is 13.9. The van der Waals surface area contributed by atoms with E-state index in [1.807, 2.05) is 0 Å².